The predicted molar refractivity (Wildman–Crippen MR) is 73.2 cm³/mol. The molecule has 0 bridgehead atoms. The van der Waals surface area contributed by atoms with Gasteiger partial charge in [0.05, 0.1) is 0 Å². The Hall–Kier alpha value is -1.61. The number of carbonyl (C=O) groups excluding carboxylic acids is 1. The molecule has 1 heterocycles. The Morgan fingerprint density at radius 2 is 1.83 bits per heavy atom. The zero-order valence-electron chi connectivity index (χ0n) is 10.9. The van der Waals surface area contributed by atoms with Crippen LogP contribution in [-0.4, -0.2) is 41.9 Å². The standard InChI is InChI=1S/C15H20N2O/c1-3-15(18)17-10-8-16(9-11-17)12-14-6-4-13(2)5-7-14/h3-7H,1,8-12H2,2H3. The van der Waals surface area contributed by atoms with Gasteiger partial charge in [0.25, 0.3) is 0 Å². The number of benzene rings is 1. The molecule has 2 rings (SSSR count). The summed E-state index contributed by atoms with van der Waals surface area (Å²) in [4.78, 5) is 15.7. The van der Waals surface area contributed by atoms with E-state index in [9.17, 15) is 4.79 Å². The molecule has 1 saturated heterocycles. The molecule has 3 nitrogen and oxygen atoms in total. The van der Waals surface area contributed by atoms with Gasteiger partial charge in [-0.25, -0.2) is 0 Å². The minimum Gasteiger partial charge on any atom is -0.337 e. The maximum atomic E-state index is 11.5. The molecule has 1 aliphatic rings. The highest BCUT2D eigenvalue weighted by Crippen LogP contribution is 2.10. The van der Waals surface area contributed by atoms with Gasteiger partial charge in [-0.05, 0) is 18.6 Å². The van der Waals surface area contributed by atoms with Crippen LogP contribution in [0.4, 0.5) is 0 Å². The van der Waals surface area contributed by atoms with Crippen LogP contribution in [-0.2, 0) is 11.3 Å². The molecule has 18 heavy (non-hydrogen) atoms. The van der Waals surface area contributed by atoms with Crippen molar-refractivity contribution in [2.45, 2.75) is 13.5 Å². The third-order valence-corrected chi connectivity index (χ3v) is 3.39. The van der Waals surface area contributed by atoms with Crippen LogP contribution >= 0.6 is 0 Å². The van der Waals surface area contributed by atoms with Crippen molar-refractivity contribution >= 4 is 5.91 Å². The van der Waals surface area contributed by atoms with E-state index in [0.29, 0.717) is 0 Å². The van der Waals surface area contributed by atoms with Crippen LogP contribution in [0.5, 0.6) is 0 Å². The lowest BCUT2D eigenvalue weighted by Crippen LogP contribution is -2.47. The number of piperazine rings is 1. The van der Waals surface area contributed by atoms with E-state index >= 15 is 0 Å². The first-order chi connectivity index (χ1) is 8.69. The van der Waals surface area contributed by atoms with Gasteiger partial charge in [-0.1, -0.05) is 36.4 Å². The topological polar surface area (TPSA) is 23.6 Å². The van der Waals surface area contributed by atoms with Gasteiger partial charge in [-0.3, -0.25) is 9.69 Å². The lowest BCUT2D eigenvalue weighted by atomic mass is 10.1. The summed E-state index contributed by atoms with van der Waals surface area (Å²) in [6, 6.07) is 8.65. The van der Waals surface area contributed by atoms with Crippen LogP contribution in [0.1, 0.15) is 11.1 Å². The quantitative estimate of drug-likeness (QED) is 0.757. The maximum Gasteiger partial charge on any atom is 0.246 e. The summed E-state index contributed by atoms with van der Waals surface area (Å²) in [7, 11) is 0. The van der Waals surface area contributed by atoms with Crippen molar-refractivity contribution < 1.29 is 4.79 Å². The Balaban J connectivity index is 1.85. The van der Waals surface area contributed by atoms with Crippen molar-refractivity contribution in [3.63, 3.8) is 0 Å². The number of aryl methyl sites for hydroxylation is 1. The molecule has 0 spiro atoms. The van der Waals surface area contributed by atoms with Crippen molar-refractivity contribution in [3.05, 3.63) is 48.0 Å². The van der Waals surface area contributed by atoms with E-state index in [1.807, 2.05) is 4.90 Å². The Labute approximate surface area is 109 Å². The molecule has 0 radical (unpaired) electrons. The van der Waals surface area contributed by atoms with Crippen LogP contribution in [0.3, 0.4) is 0 Å². The second-order valence-corrected chi connectivity index (χ2v) is 4.79. The van der Waals surface area contributed by atoms with Crippen LogP contribution < -0.4 is 0 Å². The average Bonchev–Trinajstić information content (AvgIpc) is 2.41. The van der Waals surface area contributed by atoms with Gasteiger partial charge in [0.2, 0.25) is 5.91 Å². The average molecular weight is 244 g/mol. The van der Waals surface area contributed by atoms with E-state index in [2.05, 4.69) is 42.7 Å². The molecule has 1 aromatic rings. The number of amides is 1. The van der Waals surface area contributed by atoms with Gasteiger partial charge in [0.1, 0.15) is 0 Å². The Bertz CT molecular complexity index is 417. The molecule has 0 aromatic heterocycles. The van der Waals surface area contributed by atoms with Crippen LogP contribution in [0.25, 0.3) is 0 Å². The summed E-state index contributed by atoms with van der Waals surface area (Å²) in [5.74, 6) is 0.0463. The fourth-order valence-electron chi connectivity index (χ4n) is 2.21. The van der Waals surface area contributed by atoms with E-state index in [4.69, 9.17) is 0 Å². The predicted octanol–water partition coefficient (Wildman–Crippen LogP) is 1.83. The zero-order chi connectivity index (χ0) is 13.0. The highest BCUT2D eigenvalue weighted by molar-refractivity contribution is 5.87. The number of carbonyl (C=O) groups is 1. The highest BCUT2D eigenvalue weighted by Gasteiger charge is 2.18. The molecule has 1 amide bonds. The van der Waals surface area contributed by atoms with E-state index in [1.54, 1.807) is 0 Å². The van der Waals surface area contributed by atoms with Gasteiger partial charge in [0, 0.05) is 32.7 Å². The van der Waals surface area contributed by atoms with Crippen LogP contribution in [0.2, 0.25) is 0 Å². The number of nitrogens with zero attached hydrogens (tertiary/aromatic N) is 2. The number of rotatable bonds is 3. The van der Waals surface area contributed by atoms with Crippen molar-refractivity contribution in [2.75, 3.05) is 26.2 Å². The van der Waals surface area contributed by atoms with Gasteiger partial charge in [0.15, 0.2) is 0 Å². The Morgan fingerprint density at radius 1 is 1.22 bits per heavy atom. The molecule has 3 heteroatoms. The summed E-state index contributed by atoms with van der Waals surface area (Å²) >= 11 is 0. The fourth-order valence-corrected chi connectivity index (χ4v) is 2.21. The lowest BCUT2D eigenvalue weighted by Gasteiger charge is -2.34. The molecule has 0 atom stereocenters. The largest absolute Gasteiger partial charge is 0.337 e. The van der Waals surface area contributed by atoms with Crippen LogP contribution in [0.15, 0.2) is 36.9 Å². The third kappa shape index (κ3) is 3.20. The van der Waals surface area contributed by atoms with Crippen molar-refractivity contribution in [1.82, 2.24) is 9.80 Å². The van der Waals surface area contributed by atoms with Crippen molar-refractivity contribution in [3.8, 4) is 0 Å². The summed E-state index contributed by atoms with van der Waals surface area (Å²) in [6.45, 7) is 10.1. The summed E-state index contributed by atoms with van der Waals surface area (Å²) in [5.41, 5.74) is 2.63. The molecular formula is C15H20N2O. The van der Waals surface area contributed by atoms with E-state index in [0.717, 1.165) is 32.7 Å². The SMILES string of the molecule is C=CC(=O)N1CCN(Cc2ccc(C)cc2)CC1. The first-order valence-electron chi connectivity index (χ1n) is 6.38. The summed E-state index contributed by atoms with van der Waals surface area (Å²) < 4.78 is 0. The van der Waals surface area contributed by atoms with E-state index in [-0.39, 0.29) is 5.91 Å². The van der Waals surface area contributed by atoms with Gasteiger partial charge in [-0.2, -0.15) is 0 Å². The second kappa shape index (κ2) is 5.83. The van der Waals surface area contributed by atoms with Gasteiger partial charge in [-0.15, -0.1) is 0 Å². The first-order valence-corrected chi connectivity index (χ1v) is 6.38. The Morgan fingerprint density at radius 3 is 2.39 bits per heavy atom. The van der Waals surface area contributed by atoms with Crippen molar-refractivity contribution in [1.29, 1.82) is 0 Å². The third-order valence-electron chi connectivity index (χ3n) is 3.39. The minimum atomic E-state index is 0.0463. The lowest BCUT2D eigenvalue weighted by molar-refractivity contribution is -0.127. The van der Waals surface area contributed by atoms with Gasteiger partial charge < -0.3 is 4.90 Å². The number of hydrogen-bond acceptors (Lipinski definition) is 2. The number of hydrogen-bond donors (Lipinski definition) is 0. The van der Waals surface area contributed by atoms with Gasteiger partial charge >= 0.3 is 0 Å². The molecular weight excluding hydrogens is 224 g/mol. The summed E-state index contributed by atoms with van der Waals surface area (Å²) in [6.07, 6.45) is 1.40. The highest BCUT2D eigenvalue weighted by atomic mass is 16.2. The van der Waals surface area contributed by atoms with Crippen molar-refractivity contribution in [2.24, 2.45) is 0 Å². The van der Waals surface area contributed by atoms with E-state index < -0.39 is 0 Å². The molecule has 1 aromatic carbocycles. The normalized spacial score (nSPS) is 16.6. The first kappa shape index (κ1) is 12.8. The second-order valence-electron chi connectivity index (χ2n) is 4.79. The fraction of sp³-hybridized carbons (Fsp3) is 0.400. The molecule has 0 saturated carbocycles. The minimum absolute atomic E-state index is 0.0463. The molecule has 0 aliphatic carbocycles. The van der Waals surface area contributed by atoms with Crippen LogP contribution in [0, 0.1) is 6.92 Å². The summed E-state index contributed by atoms with van der Waals surface area (Å²) in [5, 5.41) is 0. The monoisotopic (exact) mass is 244 g/mol. The zero-order valence-corrected chi connectivity index (χ0v) is 10.9. The maximum absolute atomic E-state index is 11.5. The molecule has 0 unspecified atom stereocenters. The molecule has 0 N–H and O–H groups in total. The molecule has 96 valence electrons. The molecule has 1 aliphatic heterocycles. The Kier molecular flexibility index (Phi) is 4.15. The molecule has 1 fully saturated rings. The van der Waals surface area contributed by atoms with E-state index in [1.165, 1.54) is 17.2 Å². The smallest absolute Gasteiger partial charge is 0.246 e.